The van der Waals surface area contributed by atoms with Crippen LogP contribution in [0.5, 0.6) is 0 Å². The van der Waals surface area contributed by atoms with Crippen LogP contribution < -0.4 is 10.6 Å². The smallest absolute Gasteiger partial charge is 0.319 e. The maximum atomic E-state index is 13.6. The predicted molar refractivity (Wildman–Crippen MR) is 74.1 cm³/mol. The fourth-order valence-electron chi connectivity index (χ4n) is 1.71. The number of carbonyl (C=O) groups excluding carboxylic acids is 1. The molecule has 0 radical (unpaired) electrons. The molecule has 0 saturated carbocycles. The molecule has 0 aliphatic carbocycles. The van der Waals surface area contributed by atoms with Crippen molar-refractivity contribution < 1.29 is 23.5 Å². The third-order valence-corrected chi connectivity index (χ3v) is 3.01. The number of rotatable bonds is 5. The van der Waals surface area contributed by atoms with Gasteiger partial charge in [0.1, 0.15) is 11.6 Å². The van der Waals surface area contributed by atoms with E-state index in [1.165, 1.54) is 6.92 Å². The van der Waals surface area contributed by atoms with Gasteiger partial charge in [-0.25, -0.2) is 13.6 Å². The molecule has 5 nitrogen and oxygen atoms in total. The summed E-state index contributed by atoms with van der Waals surface area (Å²) >= 11 is 0. The fourth-order valence-corrected chi connectivity index (χ4v) is 1.71. The quantitative estimate of drug-likeness (QED) is 0.782. The van der Waals surface area contributed by atoms with Gasteiger partial charge < -0.3 is 15.7 Å². The molecule has 0 heterocycles. The van der Waals surface area contributed by atoms with Gasteiger partial charge in [0.15, 0.2) is 0 Å². The molecule has 0 saturated heterocycles. The number of hydrogen-bond donors (Lipinski definition) is 3. The van der Waals surface area contributed by atoms with Crippen molar-refractivity contribution in [1.29, 1.82) is 0 Å². The Hall–Kier alpha value is -2.18. The third kappa shape index (κ3) is 5.02. The molecule has 7 heteroatoms. The number of anilines is 1. The second-order valence-corrected chi connectivity index (χ2v) is 5.13. The largest absolute Gasteiger partial charge is 0.481 e. The SMILES string of the molecule is Cc1cc(F)c(NC(=O)NC(CC(=O)O)C(C)C)cc1F. The van der Waals surface area contributed by atoms with Crippen molar-refractivity contribution in [3.8, 4) is 0 Å². The molecule has 0 bridgehead atoms. The van der Waals surface area contributed by atoms with Crippen molar-refractivity contribution in [3.05, 3.63) is 29.3 Å². The topological polar surface area (TPSA) is 78.4 Å². The molecule has 0 aliphatic rings. The number of amides is 2. The minimum Gasteiger partial charge on any atom is -0.481 e. The Morgan fingerprint density at radius 2 is 1.86 bits per heavy atom. The summed E-state index contributed by atoms with van der Waals surface area (Å²) in [6.45, 7) is 4.91. The van der Waals surface area contributed by atoms with Crippen molar-refractivity contribution in [2.75, 3.05) is 5.32 Å². The Kier molecular flexibility index (Phi) is 5.63. The summed E-state index contributed by atoms with van der Waals surface area (Å²) in [5.41, 5.74) is -0.169. The number of aryl methyl sites for hydroxylation is 1. The van der Waals surface area contributed by atoms with Gasteiger partial charge >= 0.3 is 12.0 Å². The van der Waals surface area contributed by atoms with E-state index in [-0.39, 0.29) is 23.6 Å². The Balaban J connectivity index is 2.76. The van der Waals surface area contributed by atoms with Gasteiger partial charge in [0, 0.05) is 12.1 Å². The van der Waals surface area contributed by atoms with Crippen molar-refractivity contribution in [2.24, 2.45) is 5.92 Å². The van der Waals surface area contributed by atoms with Gasteiger partial charge in [-0.05, 0) is 24.5 Å². The first-order valence-corrected chi connectivity index (χ1v) is 6.45. The van der Waals surface area contributed by atoms with Gasteiger partial charge in [-0.2, -0.15) is 0 Å². The van der Waals surface area contributed by atoms with E-state index in [0.29, 0.717) is 0 Å². The van der Waals surface area contributed by atoms with Crippen LogP contribution in [0.1, 0.15) is 25.8 Å². The highest BCUT2D eigenvalue weighted by Gasteiger charge is 2.20. The summed E-state index contributed by atoms with van der Waals surface area (Å²) in [6.07, 6.45) is -0.254. The molecule has 1 rings (SSSR count). The monoisotopic (exact) mass is 300 g/mol. The van der Waals surface area contributed by atoms with E-state index in [9.17, 15) is 18.4 Å². The minimum absolute atomic E-state index is 0.119. The van der Waals surface area contributed by atoms with Crippen molar-refractivity contribution in [3.63, 3.8) is 0 Å². The molecule has 116 valence electrons. The molecule has 3 N–H and O–H groups in total. The van der Waals surface area contributed by atoms with Crippen LogP contribution in [0.2, 0.25) is 0 Å². The minimum atomic E-state index is -1.05. The van der Waals surface area contributed by atoms with E-state index >= 15 is 0 Å². The number of urea groups is 1. The lowest BCUT2D eigenvalue weighted by atomic mass is 10.0. The maximum Gasteiger partial charge on any atom is 0.319 e. The van der Waals surface area contributed by atoms with Crippen LogP contribution in [0.3, 0.4) is 0 Å². The van der Waals surface area contributed by atoms with Gasteiger partial charge in [0.2, 0.25) is 0 Å². The number of nitrogens with one attached hydrogen (secondary N) is 2. The molecule has 0 aromatic heterocycles. The number of carboxylic acid groups (broad SMARTS) is 1. The summed E-state index contributed by atoms with van der Waals surface area (Å²) in [4.78, 5) is 22.5. The lowest BCUT2D eigenvalue weighted by Gasteiger charge is -2.21. The van der Waals surface area contributed by atoms with Gasteiger partial charge in [0.05, 0.1) is 12.1 Å². The van der Waals surface area contributed by atoms with Crippen LogP contribution >= 0.6 is 0 Å². The van der Waals surface area contributed by atoms with Crippen LogP contribution in [-0.2, 0) is 4.79 Å². The number of benzene rings is 1. The Morgan fingerprint density at radius 3 is 2.38 bits per heavy atom. The van der Waals surface area contributed by atoms with E-state index in [2.05, 4.69) is 10.6 Å². The van der Waals surface area contributed by atoms with Gasteiger partial charge in [0.25, 0.3) is 0 Å². The lowest BCUT2D eigenvalue weighted by Crippen LogP contribution is -2.42. The number of hydrogen-bond acceptors (Lipinski definition) is 2. The maximum absolute atomic E-state index is 13.6. The molecule has 1 aromatic carbocycles. The average molecular weight is 300 g/mol. The van der Waals surface area contributed by atoms with E-state index in [1.807, 2.05) is 0 Å². The summed E-state index contributed by atoms with van der Waals surface area (Å²) in [5, 5.41) is 13.4. The number of aliphatic carboxylic acids is 1. The van der Waals surface area contributed by atoms with Crippen LogP contribution in [-0.4, -0.2) is 23.1 Å². The molecular formula is C14H18F2N2O3. The molecule has 0 fully saturated rings. The summed E-state index contributed by atoms with van der Waals surface area (Å²) in [7, 11) is 0. The van der Waals surface area contributed by atoms with Crippen molar-refractivity contribution in [2.45, 2.75) is 33.2 Å². The molecule has 1 unspecified atom stereocenters. The highest BCUT2D eigenvalue weighted by atomic mass is 19.1. The molecule has 0 spiro atoms. The molecule has 0 aliphatic heterocycles. The van der Waals surface area contributed by atoms with E-state index < -0.39 is 29.7 Å². The zero-order valence-corrected chi connectivity index (χ0v) is 12.0. The van der Waals surface area contributed by atoms with Crippen LogP contribution in [0.25, 0.3) is 0 Å². The second kappa shape index (κ2) is 7.01. The number of carbonyl (C=O) groups is 2. The molecule has 2 amide bonds. The fraction of sp³-hybridized carbons (Fsp3) is 0.429. The molecule has 1 atom stereocenters. The van der Waals surface area contributed by atoms with E-state index in [1.54, 1.807) is 13.8 Å². The normalized spacial score (nSPS) is 12.1. The van der Waals surface area contributed by atoms with Crippen LogP contribution in [0.15, 0.2) is 12.1 Å². The van der Waals surface area contributed by atoms with Crippen molar-refractivity contribution in [1.82, 2.24) is 5.32 Å². The Morgan fingerprint density at radius 1 is 1.24 bits per heavy atom. The van der Waals surface area contributed by atoms with Gasteiger partial charge in [-0.1, -0.05) is 13.8 Å². The first-order chi connectivity index (χ1) is 9.70. The van der Waals surface area contributed by atoms with Gasteiger partial charge in [-0.3, -0.25) is 4.79 Å². The highest BCUT2D eigenvalue weighted by Crippen LogP contribution is 2.19. The molecule has 21 heavy (non-hydrogen) atoms. The van der Waals surface area contributed by atoms with Crippen molar-refractivity contribution >= 4 is 17.7 Å². The zero-order valence-electron chi connectivity index (χ0n) is 12.0. The molecule has 1 aromatic rings. The van der Waals surface area contributed by atoms with Gasteiger partial charge in [-0.15, -0.1) is 0 Å². The first kappa shape index (κ1) is 16.9. The summed E-state index contributed by atoms with van der Waals surface area (Å²) in [5.74, 6) is -2.57. The Bertz CT molecular complexity index is 547. The number of halogens is 2. The standard InChI is InChI=1S/C14H18F2N2O3/c1-7(2)11(6-13(19)20)17-14(21)18-12-5-9(15)8(3)4-10(12)16/h4-5,7,11H,6H2,1-3H3,(H,19,20)(H2,17,18,21). The average Bonchev–Trinajstić information content (AvgIpc) is 2.34. The van der Waals surface area contributed by atoms with Crippen LogP contribution in [0.4, 0.5) is 19.3 Å². The molecular weight excluding hydrogens is 282 g/mol. The number of carboxylic acids is 1. The second-order valence-electron chi connectivity index (χ2n) is 5.13. The lowest BCUT2D eigenvalue weighted by molar-refractivity contribution is -0.137. The Labute approximate surface area is 121 Å². The highest BCUT2D eigenvalue weighted by molar-refractivity contribution is 5.90. The summed E-state index contributed by atoms with van der Waals surface area (Å²) in [6, 6.07) is 0.464. The van der Waals surface area contributed by atoms with E-state index in [4.69, 9.17) is 5.11 Å². The van der Waals surface area contributed by atoms with E-state index in [0.717, 1.165) is 12.1 Å². The third-order valence-electron chi connectivity index (χ3n) is 3.01. The predicted octanol–water partition coefficient (Wildman–Crippen LogP) is 2.89. The summed E-state index contributed by atoms with van der Waals surface area (Å²) < 4.78 is 26.9. The van der Waals surface area contributed by atoms with Crippen LogP contribution in [0, 0.1) is 24.5 Å². The first-order valence-electron chi connectivity index (χ1n) is 6.45. The zero-order chi connectivity index (χ0) is 16.2.